The topological polar surface area (TPSA) is 59.1 Å². The van der Waals surface area contributed by atoms with E-state index in [1.54, 1.807) is 12.1 Å². The Morgan fingerprint density at radius 3 is 2.35 bits per heavy atom. The van der Waals surface area contributed by atoms with E-state index >= 15 is 0 Å². The van der Waals surface area contributed by atoms with E-state index in [0.717, 1.165) is 21.5 Å². The van der Waals surface area contributed by atoms with Crippen molar-refractivity contribution >= 4 is 21.8 Å². The molecule has 0 aromatic heterocycles. The van der Waals surface area contributed by atoms with Gasteiger partial charge in [-0.1, -0.05) is 29.8 Å². The fraction of sp³-hybridized carbons (Fsp3) is 0.188. The molecule has 0 aliphatic rings. The second-order valence-corrected chi connectivity index (χ2v) is 5.79. The molecule has 0 atom stereocenters. The van der Waals surface area contributed by atoms with Crippen LogP contribution in [0.15, 0.2) is 46.9 Å². The van der Waals surface area contributed by atoms with Crippen molar-refractivity contribution in [3.05, 3.63) is 58.1 Å². The van der Waals surface area contributed by atoms with Crippen LogP contribution in [-0.2, 0) is 0 Å². The van der Waals surface area contributed by atoms with Gasteiger partial charge in [-0.3, -0.25) is 5.41 Å². The molecule has 20 heavy (non-hydrogen) atoms. The van der Waals surface area contributed by atoms with E-state index in [2.05, 4.69) is 35.8 Å². The summed E-state index contributed by atoms with van der Waals surface area (Å²) in [5.74, 6) is 2.01. The zero-order valence-corrected chi connectivity index (χ0v) is 13.1. The highest BCUT2D eigenvalue weighted by Crippen LogP contribution is 2.32. The minimum absolute atomic E-state index is 0.0584. The van der Waals surface area contributed by atoms with Crippen LogP contribution in [0.3, 0.4) is 0 Å². The Bertz CT molecular complexity index is 621. The van der Waals surface area contributed by atoms with Gasteiger partial charge in [0.05, 0.1) is 0 Å². The Kier molecular flexibility index (Phi) is 4.45. The number of nitrogen functional groups attached to an aromatic ring is 1. The zero-order chi connectivity index (χ0) is 14.7. The Balaban J connectivity index is 2.27. The number of halogens is 1. The lowest BCUT2D eigenvalue weighted by Crippen LogP contribution is -2.10. The van der Waals surface area contributed by atoms with Crippen molar-refractivity contribution in [3.63, 3.8) is 0 Å². The van der Waals surface area contributed by atoms with Gasteiger partial charge in [0, 0.05) is 10.0 Å². The first-order valence-electron chi connectivity index (χ1n) is 6.39. The maximum atomic E-state index is 7.37. The first-order chi connectivity index (χ1) is 9.47. The third-order valence-electron chi connectivity index (χ3n) is 2.99. The summed E-state index contributed by atoms with van der Waals surface area (Å²) in [6.45, 7) is 4.26. The number of hydrogen-bond donors (Lipinski definition) is 2. The third kappa shape index (κ3) is 3.39. The highest BCUT2D eigenvalue weighted by molar-refractivity contribution is 9.10. The summed E-state index contributed by atoms with van der Waals surface area (Å²) in [5.41, 5.74) is 7.27. The van der Waals surface area contributed by atoms with E-state index in [1.165, 1.54) is 0 Å². The van der Waals surface area contributed by atoms with Crippen LogP contribution in [0.5, 0.6) is 11.5 Å². The standard InChI is InChI=1S/C16H17BrN2O/c1-10(2)14-9-12(17)5-8-15(14)20-13-6-3-11(4-7-13)16(18)19/h3-10H,1-2H3,(H3,18,19). The van der Waals surface area contributed by atoms with Crippen molar-refractivity contribution < 1.29 is 4.74 Å². The van der Waals surface area contributed by atoms with Crippen molar-refractivity contribution in [1.82, 2.24) is 0 Å². The first kappa shape index (κ1) is 14.6. The maximum Gasteiger partial charge on any atom is 0.130 e. The summed E-state index contributed by atoms with van der Waals surface area (Å²) in [4.78, 5) is 0. The molecular weight excluding hydrogens is 316 g/mol. The van der Waals surface area contributed by atoms with Crippen LogP contribution in [0.2, 0.25) is 0 Å². The van der Waals surface area contributed by atoms with Crippen LogP contribution in [0.25, 0.3) is 0 Å². The van der Waals surface area contributed by atoms with Crippen molar-refractivity contribution in [2.45, 2.75) is 19.8 Å². The minimum atomic E-state index is 0.0584. The van der Waals surface area contributed by atoms with E-state index in [-0.39, 0.29) is 5.84 Å². The van der Waals surface area contributed by atoms with E-state index in [0.29, 0.717) is 11.5 Å². The van der Waals surface area contributed by atoms with Crippen molar-refractivity contribution in [3.8, 4) is 11.5 Å². The number of ether oxygens (including phenoxy) is 1. The minimum Gasteiger partial charge on any atom is -0.457 e. The second kappa shape index (κ2) is 6.09. The molecule has 0 saturated carbocycles. The van der Waals surface area contributed by atoms with Crippen LogP contribution in [0, 0.1) is 5.41 Å². The average molecular weight is 333 g/mol. The zero-order valence-electron chi connectivity index (χ0n) is 11.5. The normalized spacial score (nSPS) is 10.6. The largest absolute Gasteiger partial charge is 0.457 e. The van der Waals surface area contributed by atoms with Crippen LogP contribution in [0.1, 0.15) is 30.9 Å². The number of nitrogens with two attached hydrogens (primary N) is 1. The van der Waals surface area contributed by atoms with Gasteiger partial charge < -0.3 is 10.5 Å². The molecule has 2 rings (SSSR count). The molecule has 2 aromatic rings. The van der Waals surface area contributed by atoms with Crippen LogP contribution >= 0.6 is 15.9 Å². The predicted octanol–water partition coefficient (Wildman–Crippen LogP) is 4.65. The molecule has 0 bridgehead atoms. The summed E-state index contributed by atoms with van der Waals surface area (Å²) in [5, 5.41) is 7.37. The van der Waals surface area contributed by atoms with Crippen molar-refractivity contribution in [2.75, 3.05) is 0 Å². The quantitative estimate of drug-likeness (QED) is 0.632. The van der Waals surface area contributed by atoms with Gasteiger partial charge >= 0.3 is 0 Å². The van der Waals surface area contributed by atoms with Crippen molar-refractivity contribution in [2.24, 2.45) is 5.73 Å². The van der Waals surface area contributed by atoms with Gasteiger partial charge in [-0.25, -0.2) is 0 Å². The molecule has 0 heterocycles. The van der Waals surface area contributed by atoms with Crippen LogP contribution in [-0.4, -0.2) is 5.84 Å². The number of hydrogen-bond acceptors (Lipinski definition) is 2. The molecule has 104 valence electrons. The van der Waals surface area contributed by atoms with Crippen LogP contribution < -0.4 is 10.5 Å². The van der Waals surface area contributed by atoms with Gasteiger partial charge in [0.15, 0.2) is 0 Å². The Labute approximate surface area is 127 Å². The molecule has 0 spiro atoms. The Hall–Kier alpha value is -1.81. The highest BCUT2D eigenvalue weighted by atomic mass is 79.9. The SMILES string of the molecule is CC(C)c1cc(Br)ccc1Oc1ccc(C(=N)N)cc1. The van der Waals surface area contributed by atoms with E-state index in [1.807, 2.05) is 24.3 Å². The predicted molar refractivity (Wildman–Crippen MR) is 85.8 cm³/mol. The molecule has 0 radical (unpaired) electrons. The number of amidine groups is 1. The molecular formula is C16H17BrN2O. The van der Waals surface area contributed by atoms with Gasteiger partial charge in [0.25, 0.3) is 0 Å². The summed E-state index contributed by atoms with van der Waals surface area (Å²) < 4.78 is 6.97. The summed E-state index contributed by atoms with van der Waals surface area (Å²) in [7, 11) is 0. The number of benzene rings is 2. The fourth-order valence-electron chi connectivity index (χ4n) is 1.89. The van der Waals surface area contributed by atoms with E-state index < -0.39 is 0 Å². The lowest BCUT2D eigenvalue weighted by Gasteiger charge is -2.14. The summed E-state index contributed by atoms with van der Waals surface area (Å²) >= 11 is 3.48. The second-order valence-electron chi connectivity index (χ2n) is 4.88. The molecule has 4 heteroatoms. The average Bonchev–Trinajstić information content (AvgIpc) is 2.41. The molecule has 3 nitrogen and oxygen atoms in total. The fourth-order valence-corrected chi connectivity index (χ4v) is 2.27. The monoisotopic (exact) mass is 332 g/mol. The molecule has 0 saturated heterocycles. The van der Waals surface area contributed by atoms with Gasteiger partial charge in [0.2, 0.25) is 0 Å². The molecule has 0 aliphatic heterocycles. The van der Waals surface area contributed by atoms with Gasteiger partial charge in [-0.2, -0.15) is 0 Å². The Morgan fingerprint density at radius 1 is 1.15 bits per heavy atom. The smallest absolute Gasteiger partial charge is 0.130 e. The molecule has 0 fully saturated rings. The van der Waals surface area contributed by atoms with Gasteiger partial charge in [0.1, 0.15) is 17.3 Å². The summed E-state index contributed by atoms with van der Waals surface area (Å²) in [6, 6.07) is 13.2. The molecule has 2 aromatic carbocycles. The number of rotatable bonds is 4. The van der Waals surface area contributed by atoms with Crippen molar-refractivity contribution in [1.29, 1.82) is 5.41 Å². The molecule has 0 amide bonds. The highest BCUT2D eigenvalue weighted by Gasteiger charge is 2.09. The summed E-state index contributed by atoms with van der Waals surface area (Å²) in [6.07, 6.45) is 0. The number of nitrogens with one attached hydrogen (secondary N) is 1. The Morgan fingerprint density at radius 2 is 1.80 bits per heavy atom. The van der Waals surface area contributed by atoms with Gasteiger partial charge in [-0.15, -0.1) is 0 Å². The lowest BCUT2D eigenvalue weighted by molar-refractivity contribution is 0.473. The van der Waals surface area contributed by atoms with E-state index in [4.69, 9.17) is 15.9 Å². The van der Waals surface area contributed by atoms with Crippen LogP contribution in [0.4, 0.5) is 0 Å². The molecule has 0 unspecified atom stereocenters. The molecule has 0 aliphatic carbocycles. The van der Waals surface area contributed by atoms with Gasteiger partial charge in [-0.05, 0) is 53.9 Å². The molecule has 3 N–H and O–H groups in total. The maximum absolute atomic E-state index is 7.37. The van der Waals surface area contributed by atoms with E-state index in [9.17, 15) is 0 Å². The first-order valence-corrected chi connectivity index (χ1v) is 7.18. The third-order valence-corrected chi connectivity index (χ3v) is 3.48. The lowest BCUT2D eigenvalue weighted by atomic mass is 10.0.